The SMILES string of the molecule is COc1ccc([C@H](CNCc2c(C)n[nH]c2C)N2CCOCC2)cc1. The minimum absolute atomic E-state index is 0.322. The lowest BCUT2D eigenvalue weighted by Crippen LogP contribution is -2.42. The van der Waals surface area contributed by atoms with Gasteiger partial charge in [-0.05, 0) is 31.5 Å². The Morgan fingerprint density at radius 1 is 1.24 bits per heavy atom. The van der Waals surface area contributed by atoms with E-state index in [9.17, 15) is 0 Å². The predicted molar refractivity (Wildman–Crippen MR) is 97.9 cm³/mol. The Bertz CT molecular complexity index is 643. The number of hydrogen-bond acceptors (Lipinski definition) is 5. The van der Waals surface area contributed by atoms with E-state index in [2.05, 4.69) is 39.5 Å². The molecule has 25 heavy (non-hydrogen) atoms. The number of morpholine rings is 1. The maximum atomic E-state index is 5.52. The van der Waals surface area contributed by atoms with E-state index in [4.69, 9.17) is 9.47 Å². The van der Waals surface area contributed by atoms with Crippen LogP contribution in [0.1, 0.15) is 28.6 Å². The number of benzene rings is 1. The highest BCUT2D eigenvalue weighted by atomic mass is 16.5. The highest BCUT2D eigenvalue weighted by Gasteiger charge is 2.22. The first kappa shape index (κ1) is 17.9. The maximum Gasteiger partial charge on any atom is 0.118 e. The second-order valence-corrected chi connectivity index (χ2v) is 6.48. The number of aryl methyl sites for hydroxylation is 2. The molecule has 6 nitrogen and oxygen atoms in total. The van der Waals surface area contributed by atoms with Crippen LogP contribution in [0.25, 0.3) is 0 Å². The van der Waals surface area contributed by atoms with E-state index < -0.39 is 0 Å². The smallest absolute Gasteiger partial charge is 0.118 e. The predicted octanol–water partition coefficient (Wildman–Crippen LogP) is 2.20. The standard InChI is InChI=1S/C19H28N4O2/c1-14-18(15(2)22-21-14)12-20-13-19(23-8-10-25-11-9-23)16-4-6-17(24-3)7-5-16/h4-7,19-20H,8-13H2,1-3H3,(H,21,22)/t19-/m0/s1. The summed E-state index contributed by atoms with van der Waals surface area (Å²) in [6.07, 6.45) is 0. The van der Waals surface area contributed by atoms with Gasteiger partial charge in [0.25, 0.3) is 0 Å². The number of H-pyrrole nitrogens is 1. The van der Waals surface area contributed by atoms with Crippen LogP contribution in [0.3, 0.4) is 0 Å². The summed E-state index contributed by atoms with van der Waals surface area (Å²) in [7, 11) is 1.70. The van der Waals surface area contributed by atoms with Gasteiger partial charge in [-0.15, -0.1) is 0 Å². The zero-order valence-corrected chi connectivity index (χ0v) is 15.3. The number of rotatable bonds is 7. The monoisotopic (exact) mass is 344 g/mol. The van der Waals surface area contributed by atoms with Gasteiger partial charge >= 0.3 is 0 Å². The lowest BCUT2D eigenvalue weighted by Gasteiger charge is -2.35. The molecule has 0 amide bonds. The van der Waals surface area contributed by atoms with Crippen LogP contribution in [0.4, 0.5) is 0 Å². The first-order valence-corrected chi connectivity index (χ1v) is 8.86. The van der Waals surface area contributed by atoms with Crippen LogP contribution in [-0.4, -0.2) is 55.1 Å². The van der Waals surface area contributed by atoms with Crippen molar-refractivity contribution in [2.45, 2.75) is 26.4 Å². The maximum absolute atomic E-state index is 5.52. The summed E-state index contributed by atoms with van der Waals surface area (Å²) in [5.74, 6) is 0.891. The van der Waals surface area contributed by atoms with Crippen LogP contribution in [0.5, 0.6) is 5.75 Å². The minimum atomic E-state index is 0.322. The summed E-state index contributed by atoms with van der Waals surface area (Å²) >= 11 is 0. The van der Waals surface area contributed by atoms with E-state index in [1.807, 2.05) is 19.1 Å². The first-order valence-electron chi connectivity index (χ1n) is 8.86. The number of nitrogens with zero attached hydrogens (tertiary/aromatic N) is 2. The highest BCUT2D eigenvalue weighted by Crippen LogP contribution is 2.24. The van der Waals surface area contributed by atoms with Crippen molar-refractivity contribution in [1.29, 1.82) is 0 Å². The molecule has 1 saturated heterocycles. The molecular formula is C19H28N4O2. The summed E-state index contributed by atoms with van der Waals surface area (Å²) in [4.78, 5) is 2.49. The number of hydrogen-bond donors (Lipinski definition) is 2. The molecule has 0 bridgehead atoms. The van der Waals surface area contributed by atoms with Crippen LogP contribution < -0.4 is 10.1 Å². The Morgan fingerprint density at radius 2 is 1.96 bits per heavy atom. The molecule has 136 valence electrons. The molecule has 1 aliphatic heterocycles. The van der Waals surface area contributed by atoms with Crippen molar-refractivity contribution in [3.63, 3.8) is 0 Å². The third-order valence-corrected chi connectivity index (χ3v) is 4.91. The summed E-state index contributed by atoms with van der Waals surface area (Å²) in [6, 6.07) is 8.71. The molecule has 6 heteroatoms. The van der Waals surface area contributed by atoms with Crippen LogP contribution in [-0.2, 0) is 11.3 Å². The molecule has 1 aromatic carbocycles. The second-order valence-electron chi connectivity index (χ2n) is 6.48. The Hall–Kier alpha value is -1.89. The van der Waals surface area contributed by atoms with Gasteiger partial charge in [0, 0.05) is 43.5 Å². The minimum Gasteiger partial charge on any atom is -0.497 e. The lowest BCUT2D eigenvalue weighted by atomic mass is 10.0. The quantitative estimate of drug-likeness (QED) is 0.806. The Kier molecular flexibility index (Phi) is 6.07. The van der Waals surface area contributed by atoms with Crippen LogP contribution >= 0.6 is 0 Å². The fourth-order valence-corrected chi connectivity index (χ4v) is 3.34. The molecule has 1 fully saturated rings. The molecule has 2 N–H and O–H groups in total. The molecule has 0 saturated carbocycles. The average molecular weight is 344 g/mol. The molecule has 0 aliphatic carbocycles. The zero-order chi connectivity index (χ0) is 17.6. The molecule has 1 aromatic heterocycles. The van der Waals surface area contributed by atoms with Gasteiger partial charge in [-0.1, -0.05) is 12.1 Å². The summed E-state index contributed by atoms with van der Waals surface area (Å²) in [5, 5.41) is 10.9. The molecule has 0 spiro atoms. The van der Waals surface area contributed by atoms with Gasteiger partial charge in [-0.25, -0.2) is 0 Å². The molecule has 0 radical (unpaired) electrons. The van der Waals surface area contributed by atoms with E-state index in [0.29, 0.717) is 6.04 Å². The summed E-state index contributed by atoms with van der Waals surface area (Å²) < 4.78 is 10.8. The molecule has 2 heterocycles. The van der Waals surface area contributed by atoms with Gasteiger partial charge in [0.2, 0.25) is 0 Å². The van der Waals surface area contributed by atoms with Gasteiger partial charge in [0.1, 0.15) is 5.75 Å². The van der Waals surface area contributed by atoms with E-state index in [-0.39, 0.29) is 0 Å². The molecule has 3 rings (SSSR count). The van der Waals surface area contributed by atoms with Gasteiger partial charge in [-0.3, -0.25) is 10.00 Å². The van der Waals surface area contributed by atoms with Gasteiger partial charge in [-0.2, -0.15) is 5.10 Å². The van der Waals surface area contributed by atoms with Crippen molar-refractivity contribution in [1.82, 2.24) is 20.4 Å². The number of methoxy groups -OCH3 is 1. The average Bonchev–Trinajstić information content (AvgIpc) is 2.98. The van der Waals surface area contributed by atoms with Crippen molar-refractivity contribution in [2.75, 3.05) is 40.0 Å². The van der Waals surface area contributed by atoms with Crippen molar-refractivity contribution in [2.24, 2.45) is 0 Å². The Labute approximate surface area is 149 Å². The van der Waals surface area contributed by atoms with Gasteiger partial charge in [0.15, 0.2) is 0 Å². The highest BCUT2D eigenvalue weighted by molar-refractivity contribution is 5.29. The van der Waals surface area contributed by atoms with Crippen LogP contribution in [0, 0.1) is 13.8 Å². The summed E-state index contributed by atoms with van der Waals surface area (Å²) in [6.45, 7) is 9.34. The number of ether oxygens (including phenoxy) is 2. The van der Waals surface area contributed by atoms with Crippen molar-refractivity contribution < 1.29 is 9.47 Å². The number of aromatic nitrogens is 2. The molecule has 2 aromatic rings. The van der Waals surface area contributed by atoms with E-state index >= 15 is 0 Å². The Morgan fingerprint density at radius 3 is 2.56 bits per heavy atom. The number of nitrogens with one attached hydrogen (secondary N) is 2. The molecule has 1 aliphatic rings. The normalized spacial score (nSPS) is 16.8. The Balaban J connectivity index is 1.69. The topological polar surface area (TPSA) is 62.4 Å². The van der Waals surface area contributed by atoms with Gasteiger partial charge < -0.3 is 14.8 Å². The van der Waals surface area contributed by atoms with E-state index in [1.54, 1.807) is 7.11 Å². The van der Waals surface area contributed by atoms with E-state index in [1.165, 1.54) is 11.1 Å². The third-order valence-electron chi connectivity index (χ3n) is 4.91. The van der Waals surface area contributed by atoms with Crippen molar-refractivity contribution in [3.05, 3.63) is 46.8 Å². The largest absolute Gasteiger partial charge is 0.497 e. The molecule has 0 unspecified atom stereocenters. The lowest BCUT2D eigenvalue weighted by molar-refractivity contribution is 0.0161. The van der Waals surface area contributed by atoms with Crippen molar-refractivity contribution in [3.8, 4) is 5.75 Å². The fourth-order valence-electron chi connectivity index (χ4n) is 3.34. The number of aromatic amines is 1. The second kappa shape index (κ2) is 8.47. The third kappa shape index (κ3) is 4.39. The fraction of sp³-hybridized carbons (Fsp3) is 0.526. The van der Waals surface area contributed by atoms with Crippen LogP contribution in [0.2, 0.25) is 0 Å². The molecular weight excluding hydrogens is 316 g/mol. The van der Waals surface area contributed by atoms with Crippen molar-refractivity contribution >= 4 is 0 Å². The van der Waals surface area contributed by atoms with E-state index in [0.717, 1.165) is 56.5 Å². The summed E-state index contributed by atoms with van der Waals surface area (Å²) in [5.41, 5.74) is 4.76. The van der Waals surface area contributed by atoms with Gasteiger partial charge in [0.05, 0.1) is 26.0 Å². The van der Waals surface area contributed by atoms with Crippen LogP contribution in [0.15, 0.2) is 24.3 Å². The zero-order valence-electron chi connectivity index (χ0n) is 15.3. The molecule has 1 atom stereocenters. The first-order chi connectivity index (χ1) is 12.2.